The summed E-state index contributed by atoms with van der Waals surface area (Å²) < 4.78 is 11.1. The van der Waals surface area contributed by atoms with Crippen LogP contribution in [0.15, 0.2) is 12.1 Å². The van der Waals surface area contributed by atoms with Gasteiger partial charge >= 0.3 is 0 Å². The molecule has 3 heteroatoms. The maximum Gasteiger partial charge on any atom is 0.124 e. The Kier molecular flexibility index (Phi) is 4.12. The number of ether oxygens (including phenoxy) is 2. The molecule has 1 fully saturated rings. The van der Waals surface area contributed by atoms with Gasteiger partial charge in [-0.2, -0.15) is 0 Å². The number of hydrogen-bond acceptors (Lipinski definition) is 3. The fourth-order valence-electron chi connectivity index (χ4n) is 2.62. The van der Waals surface area contributed by atoms with Crippen LogP contribution in [-0.4, -0.2) is 20.8 Å². The largest absolute Gasteiger partial charge is 0.496 e. The van der Waals surface area contributed by atoms with E-state index in [-0.39, 0.29) is 0 Å². The molecule has 0 amide bonds. The molecular weight excluding hydrogens is 226 g/mol. The minimum atomic E-state index is 0.398. The SMILES string of the molecule is COc1cc(C2CCCN2)c(OC)cc1C(C)C. The van der Waals surface area contributed by atoms with Gasteiger partial charge in [-0.15, -0.1) is 0 Å². The molecule has 100 valence electrons. The Bertz CT molecular complexity index is 409. The summed E-state index contributed by atoms with van der Waals surface area (Å²) in [5, 5.41) is 3.51. The van der Waals surface area contributed by atoms with Crippen molar-refractivity contribution in [3.63, 3.8) is 0 Å². The molecule has 0 aliphatic carbocycles. The van der Waals surface area contributed by atoms with Crippen LogP contribution in [0.5, 0.6) is 11.5 Å². The minimum Gasteiger partial charge on any atom is -0.496 e. The highest BCUT2D eigenvalue weighted by molar-refractivity contribution is 5.49. The van der Waals surface area contributed by atoms with E-state index in [0.29, 0.717) is 12.0 Å². The van der Waals surface area contributed by atoms with Crippen molar-refractivity contribution < 1.29 is 9.47 Å². The van der Waals surface area contributed by atoms with E-state index in [9.17, 15) is 0 Å². The van der Waals surface area contributed by atoms with E-state index in [1.54, 1.807) is 14.2 Å². The lowest BCUT2D eigenvalue weighted by atomic mass is 9.96. The van der Waals surface area contributed by atoms with Crippen LogP contribution in [0.3, 0.4) is 0 Å². The Labute approximate surface area is 109 Å². The molecule has 0 radical (unpaired) electrons. The van der Waals surface area contributed by atoms with Gasteiger partial charge in [0.1, 0.15) is 11.5 Å². The number of benzene rings is 1. The van der Waals surface area contributed by atoms with Crippen LogP contribution < -0.4 is 14.8 Å². The van der Waals surface area contributed by atoms with Crippen LogP contribution in [0.25, 0.3) is 0 Å². The van der Waals surface area contributed by atoms with Gasteiger partial charge in [0.2, 0.25) is 0 Å². The molecular formula is C15H23NO2. The van der Waals surface area contributed by atoms with Gasteiger partial charge in [-0.25, -0.2) is 0 Å². The van der Waals surface area contributed by atoms with Crippen molar-refractivity contribution in [2.75, 3.05) is 20.8 Å². The zero-order chi connectivity index (χ0) is 13.1. The topological polar surface area (TPSA) is 30.5 Å². The summed E-state index contributed by atoms with van der Waals surface area (Å²) in [7, 11) is 3.48. The van der Waals surface area contributed by atoms with Gasteiger partial charge in [0.15, 0.2) is 0 Å². The molecule has 1 aliphatic rings. The zero-order valence-electron chi connectivity index (χ0n) is 11.7. The van der Waals surface area contributed by atoms with E-state index in [2.05, 4.69) is 31.3 Å². The van der Waals surface area contributed by atoms with Crippen LogP contribution in [-0.2, 0) is 0 Å². The van der Waals surface area contributed by atoms with Gasteiger partial charge in [-0.3, -0.25) is 0 Å². The molecule has 0 bridgehead atoms. The summed E-state index contributed by atoms with van der Waals surface area (Å²) in [4.78, 5) is 0. The van der Waals surface area contributed by atoms with Crippen LogP contribution in [0.2, 0.25) is 0 Å². The molecule has 1 atom stereocenters. The van der Waals surface area contributed by atoms with E-state index in [0.717, 1.165) is 18.0 Å². The lowest BCUT2D eigenvalue weighted by Gasteiger charge is -2.20. The zero-order valence-corrected chi connectivity index (χ0v) is 11.7. The van der Waals surface area contributed by atoms with Crippen molar-refractivity contribution in [2.24, 2.45) is 0 Å². The third-order valence-corrected chi connectivity index (χ3v) is 3.64. The van der Waals surface area contributed by atoms with Crippen LogP contribution in [0.1, 0.15) is 49.8 Å². The van der Waals surface area contributed by atoms with Crippen molar-refractivity contribution in [1.82, 2.24) is 5.32 Å². The Morgan fingerprint density at radius 2 is 1.89 bits per heavy atom. The monoisotopic (exact) mass is 249 g/mol. The first-order valence-electron chi connectivity index (χ1n) is 6.66. The smallest absolute Gasteiger partial charge is 0.124 e. The molecule has 1 aromatic carbocycles. The maximum atomic E-state index is 5.55. The predicted molar refractivity (Wildman–Crippen MR) is 73.6 cm³/mol. The lowest BCUT2D eigenvalue weighted by Crippen LogP contribution is -2.14. The summed E-state index contributed by atoms with van der Waals surface area (Å²) >= 11 is 0. The fourth-order valence-corrected chi connectivity index (χ4v) is 2.62. The van der Waals surface area contributed by atoms with Gasteiger partial charge in [-0.05, 0) is 37.4 Å². The highest BCUT2D eigenvalue weighted by Crippen LogP contribution is 2.38. The number of nitrogens with one attached hydrogen (secondary N) is 1. The number of methoxy groups -OCH3 is 2. The summed E-state index contributed by atoms with van der Waals surface area (Å²) in [6, 6.07) is 4.66. The molecule has 0 saturated carbocycles. The third kappa shape index (κ3) is 2.46. The van der Waals surface area contributed by atoms with Gasteiger partial charge < -0.3 is 14.8 Å². The van der Waals surface area contributed by atoms with E-state index in [4.69, 9.17) is 9.47 Å². The first-order chi connectivity index (χ1) is 8.67. The number of hydrogen-bond donors (Lipinski definition) is 1. The molecule has 0 spiro atoms. The van der Waals surface area contributed by atoms with E-state index in [1.807, 2.05) is 0 Å². The van der Waals surface area contributed by atoms with Gasteiger partial charge in [-0.1, -0.05) is 13.8 Å². The van der Waals surface area contributed by atoms with Crippen molar-refractivity contribution in [3.05, 3.63) is 23.3 Å². The van der Waals surface area contributed by atoms with Crippen molar-refractivity contribution in [2.45, 2.75) is 38.6 Å². The Balaban J connectivity index is 2.45. The summed E-state index contributed by atoms with van der Waals surface area (Å²) in [5.74, 6) is 2.37. The molecule has 1 saturated heterocycles. The molecule has 1 unspecified atom stereocenters. The Morgan fingerprint density at radius 1 is 1.17 bits per heavy atom. The van der Waals surface area contributed by atoms with Crippen LogP contribution >= 0.6 is 0 Å². The van der Waals surface area contributed by atoms with E-state index < -0.39 is 0 Å². The van der Waals surface area contributed by atoms with Crippen LogP contribution in [0, 0.1) is 0 Å². The summed E-state index contributed by atoms with van der Waals surface area (Å²) in [6.45, 7) is 5.43. The average molecular weight is 249 g/mol. The molecule has 1 aliphatic heterocycles. The molecule has 1 heterocycles. The van der Waals surface area contributed by atoms with E-state index in [1.165, 1.54) is 24.0 Å². The number of rotatable bonds is 4. The first kappa shape index (κ1) is 13.2. The maximum absolute atomic E-state index is 5.55. The summed E-state index contributed by atoms with van der Waals surface area (Å²) in [6.07, 6.45) is 2.39. The van der Waals surface area contributed by atoms with Gasteiger partial charge in [0, 0.05) is 17.2 Å². The molecule has 18 heavy (non-hydrogen) atoms. The second-order valence-corrected chi connectivity index (χ2v) is 5.14. The van der Waals surface area contributed by atoms with E-state index >= 15 is 0 Å². The average Bonchev–Trinajstić information content (AvgIpc) is 2.90. The van der Waals surface area contributed by atoms with Crippen molar-refractivity contribution in [3.8, 4) is 11.5 Å². The van der Waals surface area contributed by atoms with Crippen molar-refractivity contribution >= 4 is 0 Å². The molecule has 3 nitrogen and oxygen atoms in total. The first-order valence-corrected chi connectivity index (χ1v) is 6.66. The fraction of sp³-hybridized carbons (Fsp3) is 0.600. The Hall–Kier alpha value is -1.22. The quantitative estimate of drug-likeness (QED) is 0.888. The third-order valence-electron chi connectivity index (χ3n) is 3.64. The lowest BCUT2D eigenvalue weighted by molar-refractivity contribution is 0.388. The second-order valence-electron chi connectivity index (χ2n) is 5.14. The van der Waals surface area contributed by atoms with Gasteiger partial charge in [0.25, 0.3) is 0 Å². The normalized spacial score (nSPS) is 19.3. The van der Waals surface area contributed by atoms with Crippen molar-refractivity contribution in [1.29, 1.82) is 0 Å². The minimum absolute atomic E-state index is 0.398. The van der Waals surface area contributed by atoms with Gasteiger partial charge in [0.05, 0.1) is 14.2 Å². The second kappa shape index (κ2) is 5.61. The molecule has 1 aromatic rings. The van der Waals surface area contributed by atoms with Crippen LogP contribution in [0.4, 0.5) is 0 Å². The molecule has 0 aromatic heterocycles. The predicted octanol–water partition coefficient (Wildman–Crippen LogP) is 3.25. The molecule has 2 rings (SSSR count). The highest BCUT2D eigenvalue weighted by atomic mass is 16.5. The molecule has 1 N–H and O–H groups in total. The Morgan fingerprint density at radius 3 is 2.39 bits per heavy atom. The summed E-state index contributed by atoms with van der Waals surface area (Å²) in [5.41, 5.74) is 2.42. The standard InChI is InChI=1S/C15H23NO2/c1-10(2)11-8-15(18-4)12(9-14(11)17-3)13-6-5-7-16-13/h8-10,13,16H,5-7H2,1-4H3. The highest BCUT2D eigenvalue weighted by Gasteiger charge is 2.22.